The van der Waals surface area contributed by atoms with Crippen molar-refractivity contribution < 1.29 is 4.74 Å². The van der Waals surface area contributed by atoms with Crippen LogP contribution in [0.15, 0.2) is 42.5 Å². The summed E-state index contributed by atoms with van der Waals surface area (Å²) in [6, 6.07) is 13.8. The second kappa shape index (κ2) is 4.12. The fourth-order valence-electron chi connectivity index (χ4n) is 2.63. The Labute approximate surface area is 120 Å². The molecule has 0 saturated heterocycles. The Hall–Kier alpha value is -2.26. The molecule has 0 aliphatic heterocycles. The Morgan fingerprint density at radius 3 is 2.65 bits per heavy atom. The van der Waals surface area contributed by atoms with Crippen molar-refractivity contribution in [3.8, 4) is 5.75 Å². The van der Waals surface area contributed by atoms with E-state index in [1.807, 2.05) is 42.5 Å². The van der Waals surface area contributed by atoms with Crippen molar-refractivity contribution >= 4 is 44.4 Å². The maximum atomic E-state index is 6.55. The van der Waals surface area contributed by atoms with Crippen LogP contribution in [0.4, 0.5) is 0 Å². The number of pyridine rings is 1. The number of hydrogen-bond acceptors (Lipinski definition) is 2. The molecule has 20 heavy (non-hydrogen) atoms. The van der Waals surface area contributed by atoms with Crippen LogP contribution in [0.3, 0.4) is 0 Å². The van der Waals surface area contributed by atoms with E-state index in [-0.39, 0.29) is 0 Å². The van der Waals surface area contributed by atoms with Gasteiger partial charge < -0.3 is 9.72 Å². The van der Waals surface area contributed by atoms with Gasteiger partial charge in [0.25, 0.3) is 0 Å². The number of nitrogens with zero attached hydrogens (tertiary/aromatic N) is 1. The molecule has 4 rings (SSSR count). The average Bonchev–Trinajstić information content (AvgIpc) is 2.86. The van der Waals surface area contributed by atoms with Gasteiger partial charge >= 0.3 is 0 Å². The Morgan fingerprint density at radius 2 is 1.80 bits per heavy atom. The number of H-pyrrole nitrogens is 1. The molecule has 3 nitrogen and oxygen atoms in total. The molecule has 4 aromatic rings. The molecule has 98 valence electrons. The molecule has 0 aliphatic rings. The number of rotatable bonds is 1. The van der Waals surface area contributed by atoms with Crippen LogP contribution in [0.1, 0.15) is 0 Å². The Balaban J connectivity index is 2.28. The van der Waals surface area contributed by atoms with E-state index in [4.69, 9.17) is 21.3 Å². The standard InChI is InChI=1S/C16H11ClN2O/c1-20-12-8-4-6-10-13(17)16-15(19-14(10)12)9-5-2-3-7-11(9)18-16/h2-8,18H,1H3. The molecule has 0 radical (unpaired) electrons. The van der Waals surface area contributed by atoms with Crippen molar-refractivity contribution in [3.63, 3.8) is 0 Å². The SMILES string of the molecule is COc1cccc2c(Cl)c3[nH]c4ccccc4c3nc12. The highest BCUT2D eigenvalue weighted by Crippen LogP contribution is 2.36. The lowest BCUT2D eigenvalue weighted by molar-refractivity contribution is 0.419. The second-order valence-corrected chi connectivity index (χ2v) is 5.05. The molecule has 0 aliphatic carbocycles. The van der Waals surface area contributed by atoms with Crippen molar-refractivity contribution in [1.29, 1.82) is 0 Å². The first-order valence-electron chi connectivity index (χ1n) is 6.32. The number of fused-ring (bicyclic) bond motifs is 4. The lowest BCUT2D eigenvalue weighted by Gasteiger charge is -2.06. The van der Waals surface area contributed by atoms with Crippen LogP contribution >= 0.6 is 11.6 Å². The molecule has 0 fully saturated rings. The summed E-state index contributed by atoms with van der Waals surface area (Å²) < 4.78 is 5.39. The van der Waals surface area contributed by atoms with Crippen molar-refractivity contribution in [2.24, 2.45) is 0 Å². The fourth-order valence-corrected chi connectivity index (χ4v) is 2.92. The quantitative estimate of drug-likeness (QED) is 0.557. The normalized spacial score (nSPS) is 11.5. The van der Waals surface area contributed by atoms with E-state index in [1.165, 1.54) is 0 Å². The number of ether oxygens (including phenoxy) is 1. The van der Waals surface area contributed by atoms with Gasteiger partial charge in [-0.1, -0.05) is 41.9 Å². The third-order valence-corrected chi connectivity index (χ3v) is 3.97. The molecule has 2 aromatic heterocycles. The maximum absolute atomic E-state index is 6.55. The van der Waals surface area contributed by atoms with Crippen LogP contribution in [0.25, 0.3) is 32.8 Å². The summed E-state index contributed by atoms with van der Waals surface area (Å²) in [5, 5.41) is 2.64. The van der Waals surface area contributed by atoms with Crippen LogP contribution in [-0.4, -0.2) is 17.1 Å². The van der Waals surface area contributed by atoms with E-state index in [9.17, 15) is 0 Å². The number of nitrogens with one attached hydrogen (secondary N) is 1. The summed E-state index contributed by atoms with van der Waals surface area (Å²) in [6.07, 6.45) is 0. The van der Waals surface area contributed by atoms with E-state index in [0.29, 0.717) is 5.02 Å². The number of hydrogen-bond donors (Lipinski definition) is 1. The molecule has 0 saturated carbocycles. The van der Waals surface area contributed by atoms with Crippen molar-refractivity contribution in [2.75, 3.05) is 7.11 Å². The van der Waals surface area contributed by atoms with Crippen LogP contribution in [0.2, 0.25) is 5.02 Å². The summed E-state index contributed by atoms with van der Waals surface area (Å²) >= 11 is 6.55. The number of methoxy groups -OCH3 is 1. The first-order chi connectivity index (χ1) is 9.79. The Bertz CT molecular complexity index is 959. The third kappa shape index (κ3) is 1.44. The first-order valence-corrected chi connectivity index (χ1v) is 6.70. The van der Waals surface area contributed by atoms with Gasteiger partial charge in [-0.25, -0.2) is 4.98 Å². The van der Waals surface area contributed by atoms with E-state index in [1.54, 1.807) is 7.11 Å². The molecule has 2 aromatic carbocycles. The first kappa shape index (κ1) is 11.6. The monoisotopic (exact) mass is 282 g/mol. The number of aromatic nitrogens is 2. The van der Waals surface area contributed by atoms with E-state index >= 15 is 0 Å². The van der Waals surface area contributed by atoms with Gasteiger partial charge in [0.2, 0.25) is 0 Å². The van der Waals surface area contributed by atoms with Gasteiger partial charge in [-0.05, 0) is 12.1 Å². The average molecular weight is 283 g/mol. The summed E-state index contributed by atoms with van der Waals surface area (Å²) in [7, 11) is 1.64. The zero-order chi connectivity index (χ0) is 13.7. The van der Waals surface area contributed by atoms with E-state index < -0.39 is 0 Å². The molecule has 0 amide bonds. The summed E-state index contributed by atoms with van der Waals surface area (Å²) in [4.78, 5) is 8.10. The minimum absolute atomic E-state index is 0.681. The molecule has 0 spiro atoms. The molecule has 0 atom stereocenters. The maximum Gasteiger partial charge on any atom is 0.145 e. The highest BCUT2D eigenvalue weighted by molar-refractivity contribution is 6.41. The van der Waals surface area contributed by atoms with Gasteiger partial charge in [0.15, 0.2) is 0 Å². The van der Waals surface area contributed by atoms with E-state index in [2.05, 4.69) is 4.98 Å². The van der Waals surface area contributed by atoms with Crippen molar-refractivity contribution in [1.82, 2.24) is 9.97 Å². The number of benzene rings is 2. The van der Waals surface area contributed by atoms with Crippen LogP contribution < -0.4 is 4.74 Å². The summed E-state index contributed by atoms with van der Waals surface area (Å²) in [5.41, 5.74) is 3.57. The van der Waals surface area contributed by atoms with Crippen LogP contribution in [-0.2, 0) is 0 Å². The second-order valence-electron chi connectivity index (χ2n) is 4.68. The molecule has 1 N–H and O–H groups in total. The Kier molecular flexibility index (Phi) is 2.38. The van der Waals surface area contributed by atoms with E-state index in [0.717, 1.165) is 38.6 Å². The third-order valence-electron chi connectivity index (χ3n) is 3.58. The predicted molar refractivity (Wildman–Crippen MR) is 82.7 cm³/mol. The topological polar surface area (TPSA) is 37.9 Å². The van der Waals surface area contributed by atoms with Crippen LogP contribution in [0.5, 0.6) is 5.75 Å². The number of para-hydroxylation sites is 2. The van der Waals surface area contributed by atoms with Crippen molar-refractivity contribution in [3.05, 3.63) is 47.5 Å². The molecule has 0 bridgehead atoms. The smallest absolute Gasteiger partial charge is 0.145 e. The number of aromatic amines is 1. The molecular weight excluding hydrogens is 272 g/mol. The largest absolute Gasteiger partial charge is 0.494 e. The number of halogens is 1. The molecular formula is C16H11ClN2O. The van der Waals surface area contributed by atoms with Gasteiger partial charge in [0.05, 0.1) is 23.2 Å². The van der Waals surface area contributed by atoms with Gasteiger partial charge in [0, 0.05) is 16.3 Å². The van der Waals surface area contributed by atoms with Crippen LogP contribution in [0, 0.1) is 0 Å². The minimum Gasteiger partial charge on any atom is -0.494 e. The summed E-state index contributed by atoms with van der Waals surface area (Å²) in [5.74, 6) is 0.733. The molecule has 2 heterocycles. The van der Waals surface area contributed by atoms with Gasteiger partial charge in [-0.15, -0.1) is 0 Å². The zero-order valence-corrected chi connectivity index (χ0v) is 11.5. The van der Waals surface area contributed by atoms with Gasteiger partial charge in [-0.3, -0.25) is 0 Å². The lowest BCUT2D eigenvalue weighted by Crippen LogP contribution is -1.89. The van der Waals surface area contributed by atoms with Gasteiger partial charge in [-0.2, -0.15) is 0 Å². The van der Waals surface area contributed by atoms with Crippen molar-refractivity contribution in [2.45, 2.75) is 0 Å². The van der Waals surface area contributed by atoms with Gasteiger partial charge in [0.1, 0.15) is 11.3 Å². The molecule has 4 heteroatoms. The highest BCUT2D eigenvalue weighted by atomic mass is 35.5. The fraction of sp³-hybridized carbons (Fsp3) is 0.0625. The Morgan fingerprint density at radius 1 is 1.00 bits per heavy atom. The predicted octanol–water partition coefficient (Wildman–Crippen LogP) is 4.53. The lowest BCUT2D eigenvalue weighted by atomic mass is 10.1. The highest BCUT2D eigenvalue weighted by Gasteiger charge is 2.14. The zero-order valence-electron chi connectivity index (χ0n) is 10.8. The minimum atomic E-state index is 0.681. The summed E-state index contributed by atoms with van der Waals surface area (Å²) in [6.45, 7) is 0. The molecule has 0 unspecified atom stereocenters.